The summed E-state index contributed by atoms with van der Waals surface area (Å²) in [6.07, 6.45) is 3.50. The largest absolute Gasteiger partial charge is 0.221 e. The van der Waals surface area contributed by atoms with Gasteiger partial charge in [0.1, 0.15) is 6.33 Å². The minimum Gasteiger partial charge on any atom is -0.221 e. The zero-order chi connectivity index (χ0) is 12.5. The summed E-state index contributed by atoms with van der Waals surface area (Å²) in [6, 6.07) is 12.7. The van der Waals surface area contributed by atoms with Crippen LogP contribution in [-0.2, 0) is 0 Å². The fraction of sp³-hybridized carbons (Fsp3) is 0.200. The van der Waals surface area contributed by atoms with Gasteiger partial charge in [-0.15, -0.1) is 0 Å². The molecule has 0 aliphatic heterocycles. The lowest BCUT2D eigenvalue weighted by Gasteiger charge is -2.07. The Morgan fingerprint density at radius 1 is 1.06 bits per heavy atom. The summed E-state index contributed by atoms with van der Waals surface area (Å²) in [6.45, 7) is 4.41. The number of pyridine rings is 1. The van der Waals surface area contributed by atoms with Gasteiger partial charge in [0.15, 0.2) is 5.65 Å². The molecule has 0 fully saturated rings. The average Bonchev–Trinajstić information content (AvgIpc) is 2.87. The summed E-state index contributed by atoms with van der Waals surface area (Å²) in [5.74, 6) is 0.558. The smallest absolute Gasteiger partial charge is 0.163 e. The Labute approximate surface area is 106 Å². The van der Waals surface area contributed by atoms with Gasteiger partial charge in [0.05, 0.1) is 0 Å². The predicted molar refractivity (Wildman–Crippen MR) is 72.5 cm³/mol. The standard InChI is InChI=1S/C15H15N3/c1-11(2)12-5-7-13(8-6-12)14-4-3-9-18-15(14)16-10-17-18/h3-11H,1-2H3. The zero-order valence-electron chi connectivity index (χ0n) is 10.5. The van der Waals surface area contributed by atoms with Crippen LogP contribution >= 0.6 is 0 Å². The molecule has 1 aromatic carbocycles. The third-order valence-corrected chi connectivity index (χ3v) is 3.19. The maximum absolute atomic E-state index is 4.30. The fourth-order valence-electron chi connectivity index (χ4n) is 2.12. The lowest BCUT2D eigenvalue weighted by atomic mass is 9.99. The van der Waals surface area contributed by atoms with Crippen LogP contribution in [0.5, 0.6) is 0 Å². The molecule has 0 aliphatic carbocycles. The number of hydrogen-bond acceptors (Lipinski definition) is 2. The molecule has 3 rings (SSSR count). The first-order valence-electron chi connectivity index (χ1n) is 6.14. The molecule has 2 aromatic heterocycles. The number of hydrogen-bond donors (Lipinski definition) is 0. The molecule has 3 heteroatoms. The van der Waals surface area contributed by atoms with Crippen molar-refractivity contribution < 1.29 is 0 Å². The number of fused-ring (bicyclic) bond motifs is 1. The monoisotopic (exact) mass is 237 g/mol. The van der Waals surface area contributed by atoms with Crippen molar-refractivity contribution in [3.05, 3.63) is 54.5 Å². The van der Waals surface area contributed by atoms with E-state index >= 15 is 0 Å². The second kappa shape index (κ2) is 4.26. The van der Waals surface area contributed by atoms with E-state index in [0.29, 0.717) is 5.92 Å². The molecule has 0 spiro atoms. The van der Waals surface area contributed by atoms with Crippen LogP contribution in [0.2, 0.25) is 0 Å². The third kappa shape index (κ3) is 1.78. The summed E-state index contributed by atoms with van der Waals surface area (Å²) in [5, 5.41) is 4.16. The summed E-state index contributed by atoms with van der Waals surface area (Å²) in [4.78, 5) is 4.30. The molecule has 0 atom stereocenters. The molecular weight excluding hydrogens is 222 g/mol. The van der Waals surface area contributed by atoms with E-state index in [-0.39, 0.29) is 0 Å². The molecule has 0 aliphatic rings. The molecule has 3 nitrogen and oxygen atoms in total. The van der Waals surface area contributed by atoms with Crippen LogP contribution in [-0.4, -0.2) is 14.6 Å². The molecule has 18 heavy (non-hydrogen) atoms. The first kappa shape index (κ1) is 11.0. The maximum Gasteiger partial charge on any atom is 0.163 e. The highest BCUT2D eigenvalue weighted by molar-refractivity contribution is 5.77. The van der Waals surface area contributed by atoms with Crippen molar-refractivity contribution in [2.24, 2.45) is 0 Å². The van der Waals surface area contributed by atoms with E-state index in [1.165, 1.54) is 11.1 Å². The molecule has 0 radical (unpaired) electrons. The molecule has 90 valence electrons. The van der Waals surface area contributed by atoms with Crippen LogP contribution in [0.4, 0.5) is 0 Å². The van der Waals surface area contributed by atoms with Crippen molar-refractivity contribution >= 4 is 5.65 Å². The molecule has 2 heterocycles. The number of benzene rings is 1. The summed E-state index contributed by atoms with van der Waals surface area (Å²) in [5.41, 5.74) is 4.55. The molecule has 0 unspecified atom stereocenters. The fourth-order valence-corrected chi connectivity index (χ4v) is 2.12. The Kier molecular flexibility index (Phi) is 2.59. The van der Waals surface area contributed by atoms with Crippen molar-refractivity contribution in [1.82, 2.24) is 14.6 Å². The van der Waals surface area contributed by atoms with E-state index < -0.39 is 0 Å². The molecular formula is C15H15N3. The van der Waals surface area contributed by atoms with Gasteiger partial charge in [-0.3, -0.25) is 0 Å². The van der Waals surface area contributed by atoms with Crippen LogP contribution in [0.3, 0.4) is 0 Å². The second-order valence-electron chi connectivity index (χ2n) is 4.73. The van der Waals surface area contributed by atoms with Crippen molar-refractivity contribution in [2.45, 2.75) is 19.8 Å². The van der Waals surface area contributed by atoms with Gasteiger partial charge in [0.2, 0.25) is 0 Å². The summed E-state index contributed by atoms with van der Waals surface area (Å²) >= 11 is 0. The number of aromatic nitrogens is 3. The van der Waals surface area contributed by atoms with Crippen LogP contribution in [0.1, 0.15) is 25.3 Å². The Balaban J connectivity index is 2.11. The highest BCUT2D eigenvalue weighted by Crippen LogP contribution is 2.25. The normalized spacial score (nSPS) is 11.3. The van der Waals surface area contributed by atoms with Gasteiger partial charge in [-0.2, -0.15) is 5.10 Å². The van der Waals surface area contributed by atoms with E-state index in [1.807, 2.05) is 12.3 Å². The average molecular weight is 237 g/mol. The third-order valence-electron chi connectivity index (χ3n) is 3.19. The highest BCUT2D eigenvalue weighted by atomic mass is 15.3. The van der Waals surface area contributed by atoms with Gasteiger partial charge in [-0.1, -0.05) is 38.1 Å². The van der Waals surface area contributed by atoms with E-state index in [4.69, 9.17) is 0 Å². The lowest BCUT2D eigenvalue weighted by Crippen LogP contribution is -1.90. The van der Waals surface area contributed by atoms with Crippen molar-refractivity contribution in [3.63, 3.8) is 0 Å². The van der Waals surface area contributed by atoms with Crippen molar-refractivity contribution in [3.8, 4) is 11.1 Å². The zero-order valence-corrected chi connectivity index (χ0v) is 10.5. The lowest BCUT2D eigenvalue weighted by molar-refractivity contribution is 0.867. The van der Waals surface area contributed by atoms with Crippen molar-refractivity contribution in [2.75, 3.05) is 0 Å². The van der Waals surface area contributed by atoms with Gasteiger partial charge >= 0.3 is 0 Å². The SMILES string of the molecule is CC(C)c1ccc(-c2cccn3ncnc23)cc1. The Bertz CT molecular complexity index is 666. The topological polar surface area (TPSA) is 30.2 Å². The van der Waals surface area contributed by atoms with Gasteiger partial charge < -0.3 is 0 Å². The van der Waals surface area contributed by atoms with Gasteiger partial charge in [-0.25, -0.2) is 9.50 Å². The van der Waals surface area contributed by atoms with Gasteiger partial charge in [0, 0.05) is 11.8 Å². The first-order chi connectivity index (χ1) is 8.75. The van der Waals surface area contributed by atoms with E-state index in [9.17, 15) is 0 Å². The van der Waals surface area contributed by atoms with Gasteiger partial charge in [0.25, 0.3) is 0 Å². The minimum absolute atomic E-state index is 0.558. The van der Waals surface area contributed by atoms with Gasteiger partial charge in [-0.05, 0) is 29.2 Å². The first-order valence-corrected chi connectivity index (χ1v) is 6.14. The Morgan fingerprint density at radius 2 is 1.83 bits per heavy atom. The van der Waals surface area contributed by atoms with Crippen molar-refractivity contribution in [1.29, 1.82) is 0 Å². The molecule has 0 saturated carbocycles. The van der Waals surface area contributed by atoms with Crippen LogP contribution in [0.15, 0.2) is 48.9 Å². The highest BCUT2D eigenvalue weighted by Gasteiger charge is 2.06. The molecule has 3 aromatic rings. The summed E-state index contributed by atoms with van der Waals surface area (Å²) < 4.78 is 1.80. The Morgan fingerprint density at radius 3 is 2.56 bits per heavy atom. The van der Waals surface area contributed by atoms with Crippen LogP contribution < -0.4 is 0 Å². The van der Waals surface area contributed by atoms with Crippen LogP contribution in [0, 0.1) is 0 Å². The number of nitrogens with zero attached hydrogens (tertiary/aromatic N) is 3. The maximum atomic E-state index is 4.30. The van der Waals surface area contributed by atoms with E-state index in [1.54, 1.807) is 10.8 Å². The predicted octanol–water partition coefficient (Wildman–Crippen LogP) is 3.52. The second-order valence-corrected chi connectivity index (χ2v) is 4.73. The minimum atomic E-state index is 0.558. The Hall–Kier alpha value is -2.16. The molecule has 0 bridgehead atoms. The molecule has 0 amide bonds. The van der Waals surface area contributed by atoms with E-state index in [2.05, 4.69) is 54.3 Å². The molecule has 0 saturated heterocycles. The quantitative estimate of drug-likeness (QED) is 0.682. The summed E-state index contributed by atoms with van der Waals surface area (Å²) in [7, 11) is 0. The van der Waals surface area contributed by atoms with Crippen LogP contribution in [0.25, 0.3) is 16.8 Å². The number of rotatable bonds is 2. The van der Waals surface area contributed by atoms with E-state index in [0.717, 1.165) is 11.2 Å². The molecule has 0 N–H and O–H groups in total.